The van der Waals surface area contributed by atoms with Crippen LogP contribution < -0.4 is 5.73 Å². The summed E-state index contributed by atoms with van der Waals surface area (Å²) in [5.41, 5.74) is 6.92. The Labute approximate surface area is 118 Å². The van der Waals surface area contributed by atoms with Gasteiger partial charge in [-0.2, -0.15) is 11.8 Å². The Kier molecular flexibility index (Phi) is 6.66. The molecule has 0 aliphatic carbocycles. The van der Waals surface area contributed by atoms with Crippen LogP contribution in [0.25, 0.3) is 0 Å². The number of nitrogen functional groups attached to an aromatic ring is 1. The number of thioether (sulfide) groups is 1. The molecule has 0 atom stereocenters. The van der Waals surface area contributed by atoms with Crippen LogP contribution in [0.4, 0.5) is 11.4 Å². The molecule has 0 heterocycles. The molecule has 1 aromatic rings. The molecule has 2 N–H and O–H groups in total. The summed E-state index contributed by atoms with van der Waals surface area (Å²) in [5.74, 6) is 1.89. The molecule has 0 aromatic heterocycles. The van der Waals surface area contributed by atoms with Crippen LogP contribution in [0, 0.1) is 10.1 Å². The molecule has 0 saturated heterocycles. The van der Waals surface area contributed by atoms with Crippen LogP contribution in [0.3, 0.4) is 0 Å². The second-order valence-corrected chi connectivity index (χ2v) is 5.33. The normalized spacial score (nSPS) is 10.9. The first kappa shape index (κ1) is 15.8. The van der Waals surface area contributed by atoms with Crippen LogP contribution in [-0.2, 0) is 5.75 Å². The third-order valence-electron chi connectivity index (χ3n) is 3.00. The first-order valence-corrected chi connectivity index (χ1v) is 7.56. The van der Waals surface area contributed by atoms with Crippen LogP contribution in [-0.4, -0.2) is 35.2 Å². The third kappa shape index (κ3) is 5.08. The van der Waals surface area contributed by atoms with E-state index >= 15 is 0 Å². The van der Waals surface area contributed by atoms with Gasteiger partial charge in [0, 0.05) is 24.1 Å². The van der Waals surface area contributed by atoms with Gasteiger partial charge in [0.05, 0.1) is 4.92 Å². The van der Waals surface area contributed by atoms with Crippen LogP contribution >= 0.6 is 11.8 Å². The highest BCUT2D eigenvalue weighted by atomic mass is 32.2. The predicted molar refractivity (Wildman–Crippen MR) is 81.5 cm³/mol. The SMILES string of the molecule is CCN(CC)CCSCc1ccc([N+](=O)[O-])c(N)c1. The van der Waals surface area contributed by atoms with Gasteiger partial charge in [-0.25, -0.2) is 0 Å². The smallest absolute Gasteiger partial charge is 0.292 e. The van der Waals surface area contributed by atoms with Gasteiger partial charge in [0.1, 0.15) is 5.69 Å². The zero-order valence-corrected chi connectivity index (χ0v) is 12.3. The Morgan fingerprint density at radius 1 is 1.37 bits per heavy atom. The largest absolute Gasteiger partial charge is 0.393 e. The lowest BCUT2D eigenvalue weighted by Crippen LogP contribution is -2.25. The summed E-state index contributed by atoms with van der Waals surface area (Å²) < 4.78 is 0. The first-order valence-electron chi connectivity index (χ1n) is 6.41. The summed E-state index contributed by atoms with van der Waals surface area (Å²) in [6, 6.07) is 4.96. The molecule has 0 radical (unpaired) electrons. The summed E-state index contributed by atoms with van der Waals surface area (Å²) >= 11 is 1.82. The molecule has 1 rings (SSSR count). The number of nitro groups is 1. The van der Waals surface area contributed by atoms with E-state index in [1.165, 1.54) is 6.07 Å². The summed E-state index contributed by atoms with van der Waals surface area (Å²) in [6.07, 6.45) is 0. The van der Waals surface area contributed by atoms with Crippen LogP contribution in [0.15, 0.2) is 18.2 Å². The quantitative estimate of drug-likeness (QED) is 0.344. The van der Waals surface area contributed by atoms with E-state index in [-0.39, 0.29) is 11.4 Å². The maximum absolute atomic E-state index is 10.6. The van der Waals surface area contributed by atoms with Crippen molar-refractivity contribution in [1.29, 1.82) is 0 Å². The van der Waals surface area contributed by atoms with Crippen LogP contribution in [0.1, 0.15) is 19.4 Å². The molecule has 0 unspecified atom stereocenters. The van der Waals surface area contributed by atoms with Crippen molar-refractivity contribution in [2.45, 2.75) is 19.6 Å². The topological polar surface area (TPSA) is 72.4 Å². The molecule has 0 saturated carbocycles. The highest BCUT2D eigenvalue weighted by Gasteiger charge is 2.10. The average molecular weight is 283 g/mol. The molecule has 0 spiro atoms. The lowest BCUT2D eigenvalue weighted by molar-refractivity contribution is -0.383. The summed E-state index contributed by atoms with van der Waals surface area (Å²) in [4.78, 5) is 12.6. The van der Waals surface area contributed by atoms with Gasteiger partial charge in [-0.15, -0.1) is 0 Å². The van der Waals surface area contributed by atoms with Crippen molar-refractivity contribution in [2.75, 3.05) is 31.1 Å². The average Bonchev–Trinajstić information content (AvgIpc) is 2.38. The van der Waals surface area contributed by atoms with Gasteiger partial charge in [-0.05, 0) is 24.7 Å². The molecule has 19 heavy (non-hydrogen) atoms. The molecule has 6 heteroatoms. The van der Waals surface area contributed by atoms with Crippen molar-refractivity contribution in [3.05, 3.63) is 33.9 Å². The van der Waals surface area contributed by atoms with Crippen molar-refractivity contribution in [2.24, 2.45) is 0 Å². The Morgan fingerprint density at radius 2 is 2.05 bits per heavy atom. The number of anilines is 1. The molecule has 0 bridgehead atoms. The van der Waals surface area contributed by atoms with Gasteiger partial charge in [-0.1, -0.05) is 19.9 Å². The van der Waals surface area contributed by atoms with E-state index in [1.807, 2.05) is 11.8 Å². The Morgan fingerprint density at radius 3 is 2.58 bits per heavy atom. The zero-order valence-electron chi connectivity index (χ0n) is 11.5. The number of nitrogens with two attached hydrogens (primary N) is 1. The lowest BCUT2D eigenvalue weighted by atomic mass is 10.2. The second-order valence-electron chi connectivity index (χ2n) is 4.23. The minimum absolute atomic E-state index is 0.0168. The second kappa shape index (κ2) is 8.01. The summed E-state index contributed by atoms with van der Waals surface area (Å²) in [7, 11) is 0. The van der Waals surface area contributed by atoms with E-state index in [2.05, 4.69) is 18.7 Å². The fourth-order valence-corrected chi connectivity index (χ4v) is 2.73. The monoisotopic (exact) mass is 283 g/mol. The maximum Gasteiger partial charge on any atom is 0.292 e. The minimum atomic E-state index is -0.452. The van der Waals surface area contributed by atoms with E-state index in [4.69, 9.17) is 5.73 Å². The van der Waals surface area contributed by atoms with Crippen molar-refractivity contribution in [1.82, 2.24) is 4.90 Å². The fraction of sp³-hybridized carbons (Fsp3) is 0.538. The van der Waals surface area contributed by atoms with E-state index in [1.54, 1.807) is 12.1 Å². The van der Waals surface area contributed by atoms with Gasteiger partial charge in [0.15, 0.2) is 0 Å². The summed E-state index contributed by atoms with van der Waals surface area (Å²) in [5, 5.41) is 10.6. The Hall–Kier alpha value is -1.27. The molecular formula is C13H21N3O2S. The highest BCUT2D eigenvalue weighted by molar-refractivity contribution is 7.98. The van der Waals surface area contributed by atoms with Crippen LogP contribution in [0.5, 0.6) is 0 Å². The molecule has 0 fully saturated rings. The van der Waals surface area contributed by atoms with Gasteiger partial charge in [0.25, 0.3) is 5.69 Å². The Bertz CT molecular complexity index is 422. The number of benzene rings is 1. The summed E-state index contributed by atoms with van der Waals surface area (Å²) in [6.45, 7) is 7.53. The molecule has 5 nitrogen and oxygen atoms in total. The van der Waals surface area contributed by atoms with Gasteiger partial charge in [0.2, 0.25) is 0 Å². The van der Waals surface area contributed by atoms with E-state index < -0.39 is 4.92 Å². The molecule has 0 aliphatic heterocycles. The minimum Gasteiger partial charge on any atom is -0.393 e. The molecule has 106 valence electrons. The highest BCUT2D eigenvalue weighted by Crippen LogP contribution is 2.24. The third-order valence-corrected chi connectivity index (χ3v) is 4.01. The standard InChI is InChI=1S/C13H21N3O2S/c1-3-15(4-2)7-8-19-10-11-5-6-13(16(17)18)12(14)9-11/h5-6,9H,3-4,7-8,10,14H2,1-2H3. The number of nitrogens with zero attached hydrogens (tertiary/aromatic N) is 2. The maximum atomic E-state index is 10.6. The molecule has 1 aromatic carbocycles. The van der Waals surface area contributed by atoms with Crippen LogP contribution in [0.2, 0.25) is 0 Å². The van der Waals surface area contributed by atoms with Gasteiger partial charge < -0.3 is 10.6 Å². The number of nitro benzene ring substituents is 1. The number of hydrogen-bond donors (Lipinski definition) is 1. The van der Waals surface area contributed by atoms with E-state index in [0.29, 0.717) is 0 Å². The van der Waals surface area contributed by atoms with Gasteiger partial charge in [-0.3, -0.25) is 10.1 Å². The van der Waals surface area contributed by atoms with Gasteiger partial charge >= 0.3 is 0 Å². The Balaban J connectivity index is 2.42. The molecule has 0 aliphatic rings. The van der Waals surface area contributed by atoms with E-state index in [0.717, 1.165) is 36.7 Å². The number of rotatable bonds is 8. The predicted octanol–water partition coefficient (Wildman–Crippen LogP) is 2.75. The lowest BCUT2D eigenvalue weighted by Gasteiger charge is -2.17. The van der Waals surface area contributed by atoms with Crippen molar-refractivity contribution in [3.63, 3.8) is 0 Å². The molecule has 0 amide bonds. The zero-order chi connectivity index (χ0) is 14.3. The van der Waals surface area contributed by atoms with Crippen molar-refractivity contribution >= 4 is 23.1 Å². The van der Waals surface area contributed by atoms with Crippen molar-refractivity contribution in [3.8, 4) is 0 Å². The van der Waals surface area contributed by atoms with E-state index in [9.17, 15) is 10.1 Å². The fourth-order valence-electron chi connectivity index (χ4n) is 1.78. The van der Waals surface area contributed by atoms with Crippen molar-refractivity contribution < 1.29 is 4.92 Å². The molecular weight excluding hydrogens is 262 g/mol. The number of hydrogen-bond acceptors (Lipinski definition) is 5. The first-order chi connectivity index (χ1) is 9.08.